The predicted octanol–water partition coefficient (Wildman–Crippen LogP) is 3.08. The van der Waals surface area contributed by atoms with Crippen LogP contribution in [0.25, 0.3) is 11.1 Å². The SMILES string of the molecule is COc1cnc(Cl)cc1-c1cnccc1NC1NNC(C2CC2)S1. The van der Waals surface area contributed by atoms with Gasteiger partial charge in [0.05, 0.1) is 18.7 Å². The molecule has 6 nitrogen and oxygen atoms in total. The van der Waals surface area contributed by atoms with Crippen LogP contribution >= 0.6 is 23.4 Å². The fraction of sp³-hybridized carbons (Fsp3) is 0.375. The molecule has 3 heterocycles. The molecule has 24 heavy (non-hydrogen) atoms. The van der Waals surface area contributed by atoms with Crippen molar-refractivity contribution in [1.29, 1.82) is 0 Å². The van der Waals surface area contributed by atoms with Crippen LogP contribution in [-0.4, -0.2) is 27.9 Å². The molecule has 0 spiro atoms. The number of hydrogen-bond donors (Lipinski definition) is 3. The molecule has 0 amide bonds. The lowest BCUT2D eigenvalue weighted by Crippen LogP contribution is -2.37. The molecule has 3 N–H and O–H groups in total. The third-order valence-electron chi connectivity index (χ3n) is 4.14. The fourth-order valence-electron chi connectivity index (χ4n) is 2.74. The second-order valence-electron chi connectivity index (χ2n) is 5.84. The van der Waals surface area contributed by atoms with Crippen LogP contribution in [0.4, 0.5) is 5.69 Å². The Kier molecular flexibility index (Phi) is 4.49. The molecule has 0 bridgehead atoms. The summed E-state index contributed by atoms with van der Waals surface area (Å²) in [6.45, 7) is 0. The summed E-state index contributed by atoms with van der Waals surface area (Å²) < 4.78 is 5.43. The largest absolute Gasteiger partial charge is 0.494 e. The number of rotatable bonds is 5. The van der Waals surface area contributed by atoms with Crippen LogP contribution in [0.15, 0.2) is 30.7 Å². The van der Waals surface area contributed by atoms with E-state index >= 15 is 0 Å². The molecular weight excluding hydrogens is 346 g/mol. The number of methoxy groups -OCH3 is 1. The minimum absolute atomic E-state index is 0.0973. The first-order valence-corrected chi connectivity index (χ1v) is 9.13. The Balaban J connectivity index is 1.60. The van der Waals surface area contributed by atoms with Gasteiger partial charge in [-0.05, 0) is 30.9 Å². The Hall–Kier alpha value is -1.54. The number of anilines is 1. The molecule has 8 heteroatoms. The van der Waals surface area contributed by atoms with E-state index in [0.29, 0.717) is 16.3 Å². The number of hydrogen-bond acceptors (Lipinski definition) is 7. The highest BCUT2D eigenvalue weighted by Gasteiger charge is 2.37. The Morgan fingerprint density at radius 3 is 2.96 bits per heavy atom. The summed E-state index contributed by atoms with van der Waals surface area (Å²) in [5.41, 5.74) is 9.52. The number of thioether (sulfide) groups is 1. The lowest BCUT2D eigenvalue weighted by molar-refractivity contribution is 0.414. The average molecular weight is 364 g/mol. The first-order valence-electron chi connectivity index (χ1n) is 7.81. The van der Waals surface area contributed by atoms with Gasteiger partial charge in [-0.3, -0.25) is 4.98 Å². The van der Waals surface area contributed by atoms with Crippen molar-refractivity contribution in [3.8, 4) is 16.9 Å². The molecule has 2 atom stereocenters. The number of ether oxygens (including phenoxy) is 1. The first-order chi connectivity index (χ1) is 11.7. The number of hydrazine groups is 1. The van der Waals surface area contributed by atoms with Gasteiger partial charge in [-0.2, -0.15) is 0 Å². The molecule has 2 aromatic heterocycles. The predicted molar refractivity (Wildman–Crippen MR) is 96.8 cm³/mol. The molecular formula is C16H18ClN5OS. The summed E-state index contributed by atoms with van der Waals surface area (Å²) in [5, 5.41) is 4.41. The molecule has 1 aliphatic heterocycles. The van der Waals surface area contributed by atoms with Gasteiger partial charge in [0.25, 0.3) is 0 Å². The van der Waals surface area contributed by atoms with Crippen molar-refractivity contribution in [1.82, 2.24) is 20.8 Å². The summed E-state index contributed by atoms with van der Waals surface area (Å²) in [6.07, 6.45) is 7.83. The van der Waals surface area contributed by atoms with Gasteiger partial charge in [-0.15, -0.1) is 0 Å². The number of halogens is 1. The van der Waals surface area contributed by atoms with Crippen LogP contribution in [0.1, 0.15) is 12.8 Å². The molecule has 126 valence electrons. The maximum Gasteiger partial charge on any atom is 0.145 e. The lowest BCUT2D eigenvalue weighted by atomic mass is 10.1. The van der Waals surface area contributed by atoms with Gasteiger partial charge < -0.3 is 10.1 Å². The van der Waals surface area contributed by atoms with Gasteiger partial charge in [0.2, 0.25) is 0 Å². The molecule has 1 aliphatic carbocycles. The van der Waals surface area contributed by atoms with E-state index in [-0.39, 0.29) is 5.50 Å². The average Bonchev–Trinajstić information content (AvgIpc) is 3.35. The molecule has 1 saturated carbocycles. The van der Waals surface area contributed by atoms with Crippen molar-refractivity contribution in [3.05, 3.63) is 35.9 Å². The zero-order valence-corrected chi connectivity index (χ0v) is 14.7. The third kappa shape index (κ3) is 3.30. The molecule has 2 fully saturated rings. The maximum atomic E-state index is 6.07. The van der Waals surface area contributed by atoms with Crippen molar-refractivity contribution < 1.29 is 4.74 Å². The van der Waals surface area contributed by atoms with Gasteiger partial charge in [0, 0.05) is 29.2 Å². The summed E-state index contributed by atoms with van der Waals surface area (Å²) in [5.74, 6) is 1.45. The van der Waals surface area contributed by atoms with E-state index in [0.717, 1.165) is 22.7 Å². The summed E-state index contributed by atoms with van der Waals surface area (Å²) in [4.78, 5) is 8.33. The zero-order chi connectivity index (χ0) is 16.5. The fourth-order valence-corrected chi connectivity index (χ4v) is 4.15. The van der Waals surface area contributed by atoms with E-state index in [1.807, 2.05) is 24.0 Å². The van der Waals surface area contributed by atoms with Crippen molar-refractivity contribution >= 4 is 29.1 Å². The molecule has 1 saturated heterocycles. The topological polar surface area (TPSA) is 71.1 Å². The second-order valence-corrected chi connectivity index (χ2v) is 7.47. The van der Waals surface area contributed by atoms with E-state index in [2.05, 4.69) is 26.1 Å². The van der Waals surface area contributed by atoms with E-state index in [4.69, 9.17) is 16.3 Å². The van der Waals surface area contributed by atoms with Gasteiger partial charge in [-0.25, -0.2) is 15.8 Å². The molecule has 2 aliphatic rings. The highest BCUT2D eigenvalue weighted by atomic mass is 35.5. The Bertz CT molecular complexity index is 742. The van der Waals surface area contributed by atoms with Crippen molar-refractivity contribution in [2.45, 2.75) is 23.7 Å². The third-order valence-corrected chi connectivity index (χ3v) is 5.65. The quantitative estimate of drug-likeness (QED) is 0.705. The molecule has 4 rings (SSSR count). The Morgan fingerprint density at radius 1 is 1.29 bits per heavy atom. The van der Waals surface area contributed by atoms with E-state index in [9.17, 15) is 0 Å². The van der Waals surface area contributed by atoms with E-state index < -0.39 is 0 Å². The van der Waals surface area contributed by atoms with Crippen LogP contribution < -0.4 is 20.9 Å². The van der Waals surface area contributed by atoms with Crippen LogP contribution in [0.3, 0.4) is 0 Å². The lowest BCUT2D eigenvalue weighted by Gasteiger charge is -2.17. The molecule has 0 radical (unpaired) electrons. The van der Waals surface area contributed by atoms with Crippen LogP contribution in [0.2, 0.25) is 5.15 Å². The van der Waals surface area contributed by atoms with Gasteiger partial charge >= 0.3 is 0 Å². The monoisotopic (exact) mass is 363 g/mol. The van der Waals surface area contributed by atoms with Crippen molar-refractivity contribution in [2.24, 2.45) is 5.92 Å². The summed E-state index contributed by atoms with van der Waals surface area (Å²) in [6, 6.07) is 3.75. The van der Waals surface area contributed by atoms with Crippen LogP contribution in [0, 0.1) is 5.92 Å². The summed E-state index contributed by atoms with van der Waals surface area (Å²) >= 11 is 7.94. The van der Waals surface area contributed by atoms with Crippen molar-refractivity contribution in [2.75, 3.05) is 12.4 Å². The van der Waals surface area contributed by atoms with Crippen LogP contribution in [0.5, 0.6) is 5.75 Å². The molecule has 2 unspecified atom stereocenters. The van der Waals surface area contributed by atoms with Gasteiger partial charge in [0.1, 0.15) is 16.4 Å². The Morgan fingerprint density at radius 2 is 2.17 bits per heavy atom. The minimum Gasteiger partial charge on any atom is -0.494 e. The highest BCUT2D eigenvalue weighted by molar-refractivity contribution is 8.00. The zero-order valence-electron chi connectivity index (χ0n) is 13.1. The highest BCUT2D eigenvalue weighted by Crippen LogP contribution is 2.41. The van der Waals surface area contributed by atoms with Crippen molar-refractivity contribution in [3.63, 3.8) is 0 Å². The summed E-state index contributed by atoms with van der Waals surface area (Å²) in [7, 11) is 1.62. The second kappa shape index (κ2) is 6.76. The van der Waals surface area contributed by atoms with Gasteiger partial charge in [-0.1, -0.05) is 23.4 Å². The maximum absolute atomic E-state index is 6.07. The van der Waals surface area contributed by atoms with E-state index in [1.165, 1.54) is 12.8 Å². The Labute approximate surface area is 149 Å². The number of aromatic nitrogens is 2. The van der Waals surface area contributed by atoms with Gasteiger partial charge in [0.15, 0.2) is 0 Å². The smallest absolute Gasteiger partial charge is 0.145 e. The normalized spacial score (nSPS) is 23.2. The first kappa shape index (κ1) is 16.0. The molecule has 2 aromatic rings. The van der Waals surface area contributed by atoms with E-state index in [1.54, 1.807) is 25.6 Å². The molecule has 0 aromatic carbocycles. The van der Waals surface area contributed by atoms with Crippen LogP contribution in [-0.2, 0) is 0 Å². The standard InChI is InChI=1S/C16H18ClN5OS/c1-23-13-8-19-14(17)6-10(13)11-7-18-5-4-12(11)20-16-22-21-15(24-16)9-2-3-9/h4-9,15-16,21-22H,2-3H2,1H3,(H,18,20). The minimum atomic E-state index is 0.0973. The number of nitrogens with zero attached hydrogens (tertiary/aromatic N) is 2. The number of pyridine rings is 2. The number of nitrogens with one attached hydrogen (secondary N) is 3.